The Kier molecular flexibility index (Phi) is 4.69. The molecule has 0 saturated heterocycles. The highest BCUT2D eigenvalue weighted by Gasteiger charge is 2.51. The van der Waals surface area contributed by atoms with E-state index >= 15 is 0 Å². The van der Waals surface area contributed by atoms with Crippen molar-refractivity contribution in [3.8, 4) is 0 Å². The van der Waals surface area contributed by atoms with E-state index in [1.165, 1.54) is 50.3 Å². The Bertz CT molecular complexity index is 815. The monoisotopic (exact) mass is 397 g/mol. The van der Waals surface area contributed by atoms with Crippen LogP contribution in [0.4, 0.5) is 0 Å². The number of hydrogen-bond donors (Lipinski definition) is 1. The average Bonchev–Trinajstić information content (AvgIpc) is 3.07. The van der Waals surface area contributed by atoms with E-state index in [9.17, 15) is 4.79 Å². The van der Waals surface area contributed by atoms with Crippen LogP contribution in [-0.4, -0.2) is 26.9 Å². The SMILES string of the molecule is C[C@@H](Sc1nnc(Cc2ccccc2)o1)C(=O)NC12CC3CC(CC(C3)C1)C2. The molecule has 0 aliphatic heterocycles. The molecule has 0 spiro atoms. The van der Waals surface area contributed by atoms with Crippen molar-refractivity contribution < 1.29 is 9.21 Å². The normalized spacial score (nSPS) is 31.7. The van der Waals surface area contributed by atoms with Gasteiger partial charge in [0.15, 0.2) is 0 Å². The summed E-state index contributed by atoms with van der Waals surface area (Å²) in [6.45, 7) is 1.93. The van der Waals surface area contributed by atoms with Gasteiger partial charge in [-0.3, -0.25) is 4.79 Å². The summed E-state index contributed by atoms with van der Waals surface area (Å²) in [5.41, 5.74) is 1.18. The molecule has 5 nitrogen and oxygen atoms in total. The van der Waals surface area contributed by atoms with E-state index in [-0.39, 0.29) is 16.7 Å². The number of hydrogen-bond acceptors (Lipinski definition) is 5. The van der Waals surface area contributed by atoms with Crippen LogP contribution < -0.4 is 5.32 Å². The minimum atomic E-state index is -0.238. The third-order valence-corrected chi connectivity index (χ3v) is 7.65. The molecule has 4 saturated carbocycles. The summed E-state index contributed by atoms with van der Waals surface area (Å²) in [7, 11) is 0. The summed E-state index contributed by atoms with van der Waals surface area (Å²) in [5.74, 6) is 3.17. The van der Waals surface area contributed by atoms with Crippen LogP contribution in [0.15, 0.2) is 40.0 Å². The summed E-state index contributed by atoms with van der Waals surface area (Å²) in [4.78, 5) is 12.9. The number of aromatic nitrogens is 2. The van der Waals surface area contributed by atoms with Gasteiger partial charge in [0.25, 0.3) is 5.22 Å². The summed E-state index contributed by atoms with van der Waals surface area (Å²) in [5, 5.41) is 11.9. The molecular formula is C22H27N3O2S. The zero-order valence-corrected chi connectivity index (χ0v) is 17.1. The maximum atomic E-state index is 12.9. The van der Waals surface area contributed by atoms with Gasteiger partial charge < -0.3 is 9.73 Å². The molecule has 1 aromatic heterocycles. The molecular weight excluding hydrogens is 370 g/mol. The van der Waals surface area contributed by atoms with Crippen LogP contribution in [-0.2, 0) is 11.2 Å². The topological polar surface area (TPSA) is 68.0 Å². The molecule has 4 aliphatic rings. The van der Waals surface area contributed by atoms with Crippen molar-refractivity contribution in [2.75, 3.05) is 0 Å². The Morgan fingerprint density at radius 3 is 2.43 bits per heavy atom. The van der Waals surface area contributed by atoms with Crippen LogP contribution >= 0.6 is 11.8 Å². The van der Waals surface area contributed by atoms with E-state index in [4.69, 9.17) is 4.42 Å². The van der Waals surface area contributed by atoms with Crippen molar-refractivity contribution in [3.05, 3.63) is 41.8 Å². The quantitative estimate of drug-likeness (QED) is 0.739. The molecule has 1 amide bonds. The Labute approximate surface area is 170 Å². The number of benzene rings is 1. The third kappa shape index (κ3) is 3.71. The van der Waals surface area contributed by atoms with Crippen LogP contribution in [0.2, 0.25) is 0 Å². The van der Waals surface area contributed by atoms with Crippen molar-refractivity contribution >= 4 is 17.7 Å². The third-order valence-electron chi connectivity index (χ3n) is 6.72. The number of carbonyl (C=O) groups excluding carboxylic acids is 1. The zero-order chi connectivity index (χ0) is 19.1. The summed E-state index contributed by atoms with van der Waals surface area (Å²) in [6.07, 6.45) is 8.27. The van der Waals surface area contributed by atoms with Gasteiger partial charge >= 0.3 is 0 Å². The second kappa shape index (κ2) is 7.21. The van der Waals surface area contributed by atoms with Crippen molar-refractivity contribution in [2.24, 2.45) is 17.8 Å². The molecule has 0 radical (unpaired) electrons. The number of nitrogens with zero attached hydrogens (tertiary/aromatic N) is 2. The second-order valence-electron chi connectivity index (χ2n) is 9.07. The molecule has 28 heavy (non-hydrogen) atoms. The number of amides is 1. The number of thioether (sulfide) groups is 1. The van der Waals surface area contributed by atoms with Crippen LogP contribution in [0.1, 0.15) is 56.9 Å². The van der Waals surface area contributed by atoms with E-state index < -0.39 is 0 Å². The van der Waals surface area contributed by atoms with Crippen molar-refractivity contribution in [2.45, 2.75) is 67.9 Å². The molecule has 1 aromatic carbocycles. The van der Waals surface area contributed by atoms with Gasteiger partial charge in [-0.25, -0.2) is 0 Å². The average molecular weight is 398 g/mol. The first-order valence-corrected chi connectivity index (χ1v) is 11.3. The largest absolute Gasteiger partial charge is 0.416 e. The highest BCUT2D eigenvalue weighted by atomic mass is 32.2. The molecule has 0 unspecified atom stereocenters. The fraction of sp³-hybridized carbons (Fsp3) is 0.591. The van der Waals surface area contributed by atoms with Crippen LogP contribution in [0.3, 0.4) is 0 Å². The number of nitrogens with one attached hydrogen (secondary N) is 1. The van der Waals surface area contributed by atoms with Crippen molar-refractivity contribution in [3.63, 3.8) is 0 Å². The van der Waals surface area contributed by atoms with Crippen molar-refractivity contribution in [1.29, 1.82) is 0 Å². The van der Waals surface area contributed by atoms with Crippen molar-refractivity contribution in [1.82, 2.24) is 15.5 Å². The maximum absolute atomic E-state index is 12.9. The predicted molar refractivity (Wildman–Crippen MR) is 108 cm³/mol. The molecule has 4 bridgehead atoms. The minimum absolute atomic E-state index is 0.0496. The van der Waals surface area contributed by atoms with Gasteiger partial charge in [-0.2, -0.15) is 0 Å². The summed E-state index contributed by atoms with van der Waals surface area (Å²) >= 11 is 1.36. The molecule has 1 atom stereocenters. The Balaban J connectivity index is 1.19. The fourth-order valence-corrected chi connectivity index (χ4v) is 6.66. The lowest BCUT2D eigenvalue weighted by molar-refractivity contribution is -0.126. The standard InChI is InChI=1S/C22H27N3O2S/c1-14(28-21-25-24-19(27-21)10-15-5-3-2-4-6-15)20(26)23-22-11-16-7-17(12-22)9-18(8-16)13-22/h2-6,14,16-18H,7-13H2,1H3,(H,23,26)/t14-,16?,17?,18?,22?/m1/s1. The first-order valence-electron chi connectivity index (χ1n) is 10.4. The highest BCUT2D eigenvalue weighted by Crippen LogP contribution is 2.55. The highest BCUT2D eigenvalue weighted by molar-refractivity contribution is 8.00. The van der Waals surface area contributed by atoms with E-state index in [0.717, 1.165) is 23.3 Å². The summed E-state index contributed by atoms with van der Waals surface area (Å²) < 4.78 is 5.76. The molecule has 4 aliphatic carbocycles. The first kappa shape index (κ1) is 18.2. The van der Waals surface area contributed by atoms with Gasteiger partial charge in [-0.1, -0.05) is 42.1 Å². The lowest BCUT2D eigenvalue weighted by Gasteiger charge is -2.57. The van der Waals surface area contributed by atoms with E-state index in [1.807, 2.05) is 37.3 Å². The van der Waals surface area contributed by atoms with Gasteiger partial charge in [0, 0.05) is 5.54 Å². The van der Waals surface area contributed by atoms with E-state index in [0.29, 0.717) is 17.5 Å². The van der Waals surface area contributed by atoms with Gasteiger partial charge in [0.05, 0.1) is 11.7 Å². The summed E-state index contributed by atoms with van der Waals surface area (Å²) in [6, 6.07) is 10.1. The predicted octanol–water partition coefficient (Wildman–Crippen LogP) is 4.23. The van der Waals surface area contributed by atoms with Crippen LogP contribution in [0, 0.1) is 17.8 Å². The first-order chi connectivity index (χ1) is 13.6. The fourth-order valence-electron chi connectivity index (χ4n) is 5.96. The molecule has 6 rings (SSSR count). The van der Waals surface area contributed by atoms with E-state index in [2.05, 4.69) is 15.5 Å². The smallest absolute Gasteiger partial charge is 0.277 e. The second-order valence-corrected chi connectivity index (χ2v) is 10.4. The zero-order valence-electron chi connectivity index (χ0n) is 16.3. The lowest BCUT2D eigenvalue weighted by atomic mass is 9.53. The number of carbonyl (C=O) groups is 1. The molecule has 1 heterocycles. The van der Waals surface area contributed by atoms with E-state index in [1.54, 1.807) is 0 Å². The molecule has 148 valence electrons. The van der Waals surface area contributed by atoms with Gasteiger partial charge in [-0.15, -0.1) is 10.2 Å². The molecule has 4 fully saturated rings. The van der Waals surface area contributed by atoms with Gasteiger partial charge in [0.2, 0.25) is 11.8 Å². The van der Waals surface area contributed by atoms with Gasteiger partial charge in [0.1, 0.15) is 0 Å². The molecule has 6 heteroatoms. The van der Waals surface area contributed by atoms with Crippen LogP contribution in [0.5, 0.6) is 0 Å². The molecule has 2 aromatic rings. The maximum Gasteiger partial charge on any atom is 0.277 e. The Morgan fingerprint density at radius 2 is 1.79 bits per heavy atom. The number of rotatable bonds is 6. The Hall–Kier alpha value is -1.82. The minimum Gasteiger partial charge on any atom is -0.416 e. The Morgan fingerprint density at radius 1 is 1.14 bits per heavy atom. The molecule has 1 N–H and O–H groups in total. The van der Waals surface area contributed by atoms with Gasteiger partial charge in [-0.05, 0) is 68.8 Å². The van der Waals surface area contributed by atoms with Crippen LogP contribution in [0.25, 0.3) is 0 Å². The lowest BCUT2D eigenvalue weighted by Crippen LogP contribution is -2.60.